The molecule has 1 fully saturated rings. The number of aromatic nitrogens is 2. The summed E-state index contributed by atoms with van der Waals surface area (Å²) in [5.41, 5.74) is 2.05. The van der Waals surface area contributed by atoms with Crippen molar-refractivity contribution in [3.05, 3.63) is 66.2 Å². The zero-order valence-electron chi connectivity index (χ0n) is 15.9. The van der Waals surface area contributed by atoms with E-state index in [2.05, 4.69) is 10.4 Å². The van der Waals surface area contributed by atoms with E-state index in [0.29, 0.717) is 29.2 Å². The lowest BCUT2D eigenvalue weighted by atomic mass is 10.1. The number of methoxy groups -OCH3 is 1. The van der Waals surface area contributed by atoms with E-state index in [-0.39, 0.29) is 23.5 Å². The molecule has 1 amide bonds. The minimum Gasteiger partial charge on any atom is -0.497 e. The Bertz CT molecular complexity index is 1120. The van der Waals surface area contributed by atoms with Gasteiger partial charge in [-0.25, -0.2) is 13.1 Å². The lowest BCUT2D eigenvalue weighted by Crippen LogP contribution is -2.19. The fourth-order valence-corrected chi connectivity index (χ4v) is 5.11. The monoisotopic (exact) mass is 411 g/mol. The highest BCUT2D eigenvalue weighted by molar-refractivity contribution is 7.91. The number of sulfone groups is 1. The van der Waals surface area contributed by atoms with Crippen LogP contribution in [0, 0.1) is 0 Å². The van der Waals surface area contributed by atoms with Gasteiger partial charge in [-0.15, -0.1) is 0 Å². The van der Waals surface area contributed by atoms with E-state index < -0.39 is 9.84 Å². The molecule has 1 N–H and O–H groups in total. The predicted octanol–water partition coefficient (Wildman–Crippen LogP) is 3.17. The zero-order chi connectivity index (χ0) is 20.4. The number of amides is 1. The molecule has 1 atom stereocenters. The quantitative estimate of drug-likeness (QED) is 0.696. The van der Waals surface area contributed by atoms with Crippen molar-refractivity contribution >= 4 is 21.6 Å². The molecule has 1 aliphatic rings. The van der Waals surface area contributed by atoms with E-state index in [1.165, 1.54) is 0 Å². The Morgan fingerprint density at radius 3 is 2.48 bits per heavy atom. The van der Waals surface area contributed by atoms with Crippen LogP contribution in [0.3, 0.4) is 0 Å². The van der Waals surface area contributed by atoms with E-state index in [4.69, 9.17) is 4.74 Å². The summed E-state index contributed by atoms with van der Waals surface area (Å²) in [6.45, 7) is 0. The maximum absolute atomic E-state index is 12.7. The van der Waals surface area contributed by atoms with Gasteiger partial charge in [0, 0.05) is 17.2 Å². The standard InChI is InChI=1S/C21H21N3O4S/c1-28-18-9-7-16(8-10-18)21(25)22-20-13-19(15-5-3-2-4-6-15)23-24(20)17-11-12-29(26,27)14-17/h2-10,13,17H,11-12,14H2,1H3,(H,22,25)/t17-/m0/s1. The summed E-state index contributed by atoms with van der Waals surface area (Å²) < 4.78 is 30.7. The second-order valence-corrected chi connectivity index (χ2v) is 9.19. The molecule has 3 aromatic rings. The van der Waals surface area contributed by atoms with E-state index in [0.717, 1.165) is 5.56 Å². The first-order valence-electron chi connectivity index (χ1n) is 9.26. The molecule has 0 unspecified atom stereocenters. The summed E-state index contributed by atoms with van der Waals surface area (Å²) in [6.07, 6.45) is 0.476. The number of hydrogen-bond donors (Lipinski definition) is 1. The first kappa shape index (κ1) is 19.2. The van der Waals surface area contributed by atoms with Crippen molar-refractivity contribution in [2.24, 2.45) is 0 Å². The second kappa shape index (κ2) is 7.71. The number of nitrogens with zero attached hydrogens (tertiary/aromatic N) is 2. The normalized spacial score (nSPS) is 17.8. The average molecular weight is 411 g/mol. The van der Waals surface area contributed by atoms with Gasteiger partial charge in [0.25, 0.3) is 5.91 Å². The lowest BCUT2D eigenvalue weighted by molar-refractivity contribution is 0.102. The van der Waals surface area contributed by atoms with E-state index >= 15 is 0 Å². The molecule has 4 rings (SSSR count). The number of carbonyl (C=O) groups is 1. The predicted molar refractivity (Wildman–Crippen MR) is 111 cm³/mol. The SMILES string of the molecule is COc1ccc(C(=O)Nc2cc(-c3ccccc3)nn2[C@H]2CCS(=O)(=O)C2)cc1. The topological polar surface area (TPSA) is 90.3 Å². The highest BCUT2D eigenvalue weighted by Crippen LogP contribution is 2.30. The van der Waals surface area contributed by atoms with Gasteiger partial charge in [-0.3, -0.25) is 4.79 Å². The van der Waals surface area contributed by atoms with Crippen molar-refractivity contribution in [1.82, 2.24) is 9.78 Å². The third kappa shape index (κ3) is 4.17. The minimum atomic E-state index is -3.09. The fourth-order valence-electron chi connectivity index (χ4n) is 3.42. The molecule has 7 nitrogen and oxygen atoms in total. The molecule has 0 spiro atoms. The Balaban J connectivity index is 1.66. The molecule has 0 aliphatic carbocycles. The van der Waals surface area contributed by atoms with Crippen LogP contribution in [-0.4, -0.2) is 42.7 Å². The van der Waals surface area contributed by atoms with Gasteiger partial charge in [0.2, 0.25) is 0 Å². The van der Waals surface area contributed by atoms with Crippen molar-refractivity contribution in [2.45, 2.75) is 12.5 Å². The van der Waals surface area contributed by atoms with Crippen molar-refractivity contribution in [3.8, 4) is 17.0 Å². The van der Waals surface area contributed by atoms with Crippen LogP contribution < -0.4 is 10.1 Å². The number of ether oxygens (including phenoxy) is 1. The molecular weight excluding hydrogens is 390 g/mol. The maximum atomic E-state index is 12.7. The summed E-state index contributed by atoms with van der Waals surface area (Å²) in [5.74, 6) is 0.994. The minimum absolute atomic E-state index is 0.0221. The molecule has 1 aromatic heterocycles. The average Bonchev–Trinajstić information content (AvgIpc) is 3.31. The molecule has 29 heavy (non-hydrogen) atoms. The van der Waals surface area contributed by atoms with Gasteiger partial charge in [0.1, 0.15) is 11.6 Å². The van der Waals surface area contributed by atoms with Gasteiger partial charge < -0.3 is 10.1 Å². The molecule has 1 saturated heterocycles. The smallest absolute Gasteiger partial charge is 0.256 e. The number of nitrogens with one attached hydrogen (secondary N) is 1. The first-order valence-corrected chi connectivity index (χ1v) is 11.1. The van der Waals surface area contributed by atoms with Crippen molar-refractivity contribution in [3.63, 3.8) is 0 Å². The summed E-state index contributed by atoms with van der Waals surface area (Å²) >= 11 is 0. The van der Waals surface area contributed by atoms with Crippen LogP contribution in [0.1, 0.15) is 22.8 Å². The Kier molecular flexibility index (Phi) is 5.10. The maximum Gasteiger partial charge on any atom is 0.256 e. The van der Waals surface area contributed by atoms with Crippen LogP contribution in [0.2, 0.25) is 0 Å². The van der Waals surface area contributed by atoms with Crippen LogP contribution >= 0.6 is 0 Å². The lowest BCUT2D eigenvalue weighted by Gasteiger charge is -2.14. The molecule has 1 aliphatic heterocycles. The molecule has 8 heteroatoms. The number of rotatable bonds is 5. The second-order valence-electron chi connectivity index (χ2n) is 6.96. The Morgan fingerprint density at radius 1 is 1.14 bits per heavy atom. The summed E-state index contributed by atoms with van der Waals surface area (Å²) in [7, 11) is -1.53. The molecule has 2 heterocycles. The van der Waals surface area contributed by atoms with Gasteiger partial charge in [-0.1, -0.05) is 30.3 Å². The van der Waals surface area contributed by atoms with Gasteiger partial charge in [-0.2, -0.15) is 5.10 Å². The molecule has 0 bridgehead atoms. The van der Waals surface area contributed by atoms with E-state index in [1.807, 2.05) is 30.3 Å². The van der Waals surface area contributed by atoms with E-state index in [1.54, 1.807) is 42.1 Å². The molecule has 2 aromatic carbocycles. The Hall–Kier alpha value is -3.13. The van der Waals surface area contributed by atoms with Crippen LogP contribution in [0.15, 0.2) is 60.7 Å². The Morgan fingerprint density at radius 2 is 1.86 bits per heavy atom. The zero-order valence-corrected chi connectivity index (χ0v) is 16.7. The third-order valence-electron chi connectivity index (χ3n) is 4.95. The Labute approximate surface area is 169 Å². The summed E-state index contributed by atoms with van der Waals surface area (Å²) in [4.78, 5) is 12.7. The summed E-state index contributed by atoms with van der Waals surface area (Å²) in [6, 6.07) is 17.8. The first-order chi connectivity index (χ1) is 13.9. The molecular formula is C21H21N3O4S. The number of anilines is 1. The van der Waals surface area contributed by atoms with Crippen molar-refractivity contribution in [1.29, 1.82) is 0 Å². The van der Waals surface area contributed by atoms with Crippen LogP contribution in [0.4, 0.5) is 5.82 Å². The van der Waals surface area contributed by atoms with Gasteiger partial charge >= 0.3 is 0 Å². The highest BCUT2D eigenvalue weighted by Gasteiger charge is 2.31. The number of carbonyl (C=O) groups excluding carboxylic acids is 1. The third-order valence-corrected chi connectivity index (χ3v) is 6.70. The molecule has 0 radical (unpaired) electrons. The van der Waals surface area contributed by atoms with Gasteiger partial charge in [0.05, 0.1) is 30.4 Å². The van der Waals surface area contributed by atoms with Crippen molar-refractivity contribution < 1.29 is 17.9 Å². The largest absolute Gasteiger partial charge is 0.497 e. The fraction of sp³-hybridized carbons (Fsp3) is 0.238. The van der Waals surface area contributed by atoms with Gasteiger partial charge in [-0.05, 0) is 30.7 Å². The molecule has 0 saturated carbocycles. The van der Waals surface area contributed by atoms with Crippen molar-refractivity contribution in [2.75, 3.05) is 23.9 Å². The number of benzene rings is 2. The number of hydrogen-bond acceptors (Lipinski definition) is 5. The highest BCUT2D eigenvalue weighted by atomic mass is 32.2. The van der Waals surface area contributed by atoms with E-state index in [9.17, 15) is 13.2 Å². The molecule has 150 valence electrons. The van der Waals surface area contributed by atoms with Gasteiger partial charge in [0.15, 0.2) is 9.84 Å². The van der Waals surface area contributed by atoms with Crippen LogP contribution in [-0.2, 0) is 9.84 Å². The summed E-state index contributed by atoms with van der Waals surface area (Å²) in [5, 5.41) is 7.50. The van der Waals surface area contributed by atoms with Crippen LogP contribution in [0.5, 0.6) is 5.75 Å². The van der Waals surface area contributed by atoms with Crippen LogP contribution in [0.25, 0.3) is 11.3 Å².